The van der Waals surface area contributed by atoms with Gasteiger partial charge in [-0.25, -0.2) is 9.67 Å². The maximum Gasteiger partial charge on any atom is 0.225 e. The van der Waals surface area contributed by atoms with Crippen molar-refractivity contribution in [2.75, 3.05) is 0 Å². The van der Waals surface area contributed by atoms with Crippen LogP contribution in [0.2, 0.25) is 5.02 Å². The summed E-state index contributed by atoms with van der Waals surface area (Å²) in [5.41, 5.74) is 12.9. The van der Waals surface area contributed by atoms with Gasteiger partial charge < -0.3 is 16.6 Å². The Bertz CT molecular complexity index is 766. The number of primary amides is 1. The number of carbonyl (C=O) groups is 1. The van der Waals surface area contributed by atoms with Crippen molar-refractivity contribution in [1.29, 1.82) is 0 Å². The Hall–Kier alpha value is -1.96. The second-order valence-corrected chi connectivity index (χ2v) is 6.68. The monoisotopic (exact) mass is 349 g/mol. The molecule has 1 amide bonds. The normalized spacial score (nSPS) is 23.6. The Morgan fingerprint density at radius 2 is 2.21 bits per heavy atom. The number of amides is 1. The number of aromatic nitrogens is 3. The average Bonchev–Trinajstić information content (AvgIpc) is 3.05. The van der Waals surface area contributed by atoms with Crippen LogP contribution in [0.3, 0.4) is 0 Å². The van der Waals surface area contributed by atoms with Crippen LogP contribution in [0, 0.1) is 6.92 Å². The van der Waals surface area contributed by atoms with Crippen LogP contribution in [0.5, 0.6) is 0 Å². The molecule has 7 nitrogen and oxygen atoms in total. The van der Waals surface area contributed by atoms with Gasteiger partial charge in [0, 0.05) is 17.0 Å². The number of benzene rings is 1. The minimum absolute atomic E-state index is 0.0378. The number of hydrogen-bond acceptors (Lipinski definition) is 5. The summed E-state index contributed by atoms with van der Waals surface area (Å²) in [6, 6.07) is 5.29. The number of aryl methyl sites for hydroxylation is 1. The fourth-order valence-corrected chi connectivity index (χ4v) is 3.20. The molecule has 0 aliphatic heterocycles. The second-order valence-electron chi connectivity index (χ2n) is 6.27. The average molecular weight is 350 g/mol. The highest BCUT2D eigenvalue weighted by atomic mass is 35.5. The quantitative estimate of drug-likeness (QED) is 0.754. The first-order valence-electron chi connectivity index (χ1n) is 7.79. The maximum absolute atomic E-state index is 11.2. The number of nitrogens with two attached hydrogens (primary N) is 2. The Morgan fingerprint density at radius 1 is 1.46 bits per heavy atom. The molecular formula is C16H20ClN5O2. The molecule has 1 aliphatic carbocycles. The summed E-state index contributed by atoms with van der Waals surface area (Å²) in [7, 11) is 0. The van der Waals surface area contributed by atoms with Crippen LogP contribution in [0.25, 0.3) is 5.69 Å². The molecule has 1 aliphatic rings. The third-order valence-corrected chi connectivity index (χ3v) is 4.76. The summed E-state index contributed by atoms with van der Waals surface area (Å²) in [6.45, 7) is 1.92. The maximum atomic E-state index is 11.2. The number of rotatable bonds is 4. The number of hydrogen-bond donors (Lipinski definition) is 3. The van der Waals surface area contributed by atoms with Gasteiger partial charge in [-0.3, -0.25) is 4.79 Å². The minimum atomic E-state index is -0.568. The summed E-state index contributed by atoms with van der Waals surface area (Å²) in [4.78, 5) is 15.7. The molecule has 0 radical (unpaired) electrons. The van der Waals surface area contributed by atoms with Crippen molar-refractivity contribution in [3.8, 4) is 5.69 Å². The topological polar surface area (TPSA) is 120 Å². The van der Waals surface area contributed by atoms with Gasteiger partial charge in [-0.15, -0.1) is 0 Å². The summed E-state index contributed by atoms with van der Waals surface area (Å²) in [6.07, 6.45) is 0.507. The van der Waals surface area contributed by atoms with Gasteiger partial charge >= 0.3 is 0 Å². The molecule has 2 aromatic rings. The zero-order chi connectivity index (χ0) is 17.4. The largest absolute Gasteiger partial charge is 0.391 e. The number of halogens is 1. The van der Waals surface area contributed by atoms with Crippen LogP contribution in [-0.4, -0.2) is 37.9 Å². The molecule has 1 saturated carbocycles. The highest BCUT2D eigenvalue weighted by molar-refractivity contribution is 6.31. The molecular weight excluding hydrogens is 330 g/mol. The van der Waals surface area contributed by atoms with Crippen molar-refractivity contribution in [1.82, 2.24) is 14.8 Å². The third-order valence-electron chi connectivity index (χ3n) is 4.35. The van der Waals surface area contributed by atoms with E-state index in [1.165, 1.54) is 0 Å². The molecule has 5 N–H and O–H groups in total. The van der Waals surface area contributed by atoms with Gasteiger partial charge in [-0.2, -0.15) is 5.10 Å². The lowest BCUT2D eigenvalue weighted by molar-refractivity contribution is -0.117. The van der Waals surface area contributed by atoms with Gasteiger partial charge in [-0.05, 0) is 37.5 Å². The molecule has 1 aromatic heterocycles. The molecule has 8 heteroatoms. The smallest absolute Gasteiger partial charge is 0.225 e. The number of aliphatic hydroxyl groups is 1. The molecule has 1 aromatic carbocycles. The summed E-state index contributed by atoms with van der Waals surface area (Å²) >= 11 is 6.22. The van der Waals surface area contributed by atoms with Gasteiger partial charge in [0.15, 0.2) is 5.82 Å². The van der Waals surface area contributed by atoms with Gasteiger partial charge in [0.1, 0.15) is 5.82 Å². The van der Waals surface area contributed by atoms with Crippen LogP contribution in [0.15, 0.2) is 18.2 Å². The summed E-state index contributed by atoms with van der Waals surface area (Å²) in [5, 5.41) is 15.0. The SMILES string of the molecule is Cc1ccc(-n2nc(CC(N)=O)nc2[C@H]2C[C@H](N)[C@@H](O)C2)cc1Cl. The molecule has 1 fully saturated rings. The zero-order valence-electron chi connectivity index (χ0n) is 13.3. The van der Waals surface area contributed by atoms with Gasteiger partial charge in [0.25, 0.3) is 0 Å². The van der Waals surface area contributed by atoms with Crippen LogP contribution in [0.1, 0.15) is 36.0 Å². The van der Waals surface area contributed by atoms with Crippen molar-refractivity contribution in [2.45, 2.75) is 44.2 Å². The van der Waals surface area contributed by atoms with Gasteiger partial charge in [-0.1, -0.05) is 17.7 Å². The van der Waals surface area contributed by atoms with E-state index in [1.807, 2.05) is 19.1 Å². The molecule has 128 valence electrons. The Morgan fingerprint density at radius 3 is 2.79 bits per heavy atom. The first-order chi connectivity index (χ1) is 11.3. The van der Waals surface area contributed by atoms with Crippen molar-refractivity contribution in [3.63, 3.8) is 0 Å². The number of aliphatic hydroxyl groups excluding tert-OH is 1. The van der Waals surface area contributed by atoms with Crippen molar-refractivity contribution < 1.29 is 9.90 Å². The van der Waals surface area contributed by atoms with Gasteiger partial charge in [0.2, 0.25) is 5.91 Å². The van der Waals surface area contributed by atoms with Crippen LogP contribution in [0.4, 0.5) is 0 Å². The van der Waals surface area contributed by atoms with Crippen LogP contribution in [-0.2, 0) is 11.2 Å². The third kappa shape index (κ3) is 3.28. The zero-order valence-corrected chi connectivity index (χ0v) is 14.1. The molecule has 0 spiro atoms. The molecule has 0 unspecified atom stereocenters. The van der Waals surface area contributed by atoms with E-state index in [1.54, 1.807) is 10.7 Å². The lowest BCUT2D eigenvalue weighted by atomic mass is 10.1. The Labute approximate surface area is 144 Å². The summed E-state index contributed by atoms with van der Waals surface area (Å²) in [5.74, 6) is 0.482. The predicted octanol–water partition coefficient (Wildman–Crippen LogP) is 0.823. The molecule has 0 bridgehead atoms. The Balaban J connectivity index is 2.04. The van der Waals surface area contributed by atoms with Crippen LogP contribution >= 0.6 is 11.6 Å². The van der Waals surface area contributed by atoms with Gasteiger partial charge in [0.05, 0.1) is 18.2 Å². The highest BCUT2D eigenvalue weighted by Crippen LogP contribution is 2.34. The first kappa shape index (κ1) is 16.9. The van der Waals surface area contributed by atoms with Crippen LogP contribution < -0.4 is 11.5 Å². The minimum Gasteiger partial charge on any atom is -0.391 e. The van der Waals surface area contributed by atoms with E-state index in [9.17, 15) is 9.90 Å². The molecule has 3 atom stereocenters. The standard InChI is InChI=1S/C16H20ClN5O2/c1-8-2-3-10(6-11(8)17)22-16(9-4-12(18)13(23)5-9)20-15(21-22)7-14(19)24/h2-3,6,9,12-13,23H,4-5,7,18H2,1H3,(H2,19,24)/t9-,12-,13-/m0/s1. The van der Waals surface area contributed by atoms with E-state index in [0.29, 0.717) is 29.5 Å². The van der Waals surface area contributed by atoms with E-state index in [2.05, 4.69) is 10.1 Å². The Kier molecular flexibility index (Phi) is 4.58. The fraction of sp³-hybridized carbons (Fsp3) is 0.438. The fourth-order valence-electron chi connectivity index (χ4n) is 3.03. The van der Waals surface area contributed by atoms with E-state index >= 15 is 0 Å². The molecule has 24 heavy (non-hydrogen) atoms. The first-order valence-corrected chi connectivity index (χ1v) is 8.17. The lowest BCUT2D eigenvalue weighted by Gasteiger charge is -2.12. The van der Waals surface area contributed by atoms with E-state index in [4.69, 9.17) is 23.1 Å². The summed E-state index contributed by atoms with van der Waals surface area (Å²) < 4.78 is 1.67. The number of carbonyl (C=O) groups excluding carboxylic acids is 1. The van der Waals surface area contributed by atoms with E-state index < -0.39 is 12.0 Å². The molecule has 3 rings (SSSR count). The second kappa shape index (κ2) is 6.51. The van der Waals surface area contributed by atoms with E-state index in [-0.39, 0.29) is 18.4 Å². The van der Waals surface area contributed by atoms with Crippen molar-refractivity contribution in [3.05, 3.63) is 40.4 Å². The highest BCUT2D eigenvalue weighted by Gasteiger charge is 2.35. The number of nitrogens with zero attached hydrogens (tertiary/aromatic N) is 3. The predicted molar refractivity (Wildman–Crippen MR) is 90.0 cm³/mol. The molecule has 0 saturated heterocycles. The van der Waals surface area contributed by atoms with Crippen molar-refractivity contribution >= 4 is 17.5 Å². The van der Waals surface area contributed by atoms with Crippen molar-refractivity contribution in [2.24, 2.45) is 11.5 Å². The lowest BCUT2D eigenvalue weighted by Crippen LogP contribution is -2.28. The van der Waals surface area contributed by atoms with E-state index in [0.717, 1.165) is 11.3 Å². The molecule has 1 heterocycles.